The number of anilines is 2. The summed E-state index contributed by atoms with van der Waals surface area (Å²) in [4.78, 5) is 20.5. The zero-order valence-electron chi connectivity index (χ0n) is 23.1. The third-order valence-electron chi connectivity index (χ3n) is 6.67. The molecule has 2 aromatic heterocycles. The molecule has 40 heavy (non-hydrogen) atoms. The maximum absolute atomic E-state index is 13.1. The van der Waals surface area contributed by atoms with Gasteiger partial charge in [0.1, 0.15) is 5.82 Å². The van der Waals surface area contributed by atoms with Gasteiger partial charge in [-0.05, 0) is 54.0 Å². The van der Waals surface area contributed by atoms with Gasteiger partial charge < -0.3 is 10.2 Å². The van der Waals surface area contributed by atoms with E-state index in [-0.39, 0.29) is 12.3 Å². The topological polar surface area (TPSA) is 99.7 Å². The number of aryl methyl sites for hydroxylation is 2. The highest BCUT2D eigenvalue weighted by molar-refractivity contribution is 5.94. The number of tetrazole rings is 1. The van der Waals surface area contributed by atoms with Crippen molar-refractivity contribution in [2.24, 2.45) is 0 Å². The normalized spacial score (nSPS) is 10.9. The fraction of sp³-hybridized carbons (Fsp3) is 0.219. The molecule has 0 aliphatic heterocycles. The lowest BCUT2D eigenvalue weighted by Gasteiger charge is -2.25. The summed E-state index contributed by atoms with van der Waals surface area (Å²) in [7, 11) is 0. The summed E-state index contributed by atoms with van der Waals surface area (Å²) in [6, 6.07) is 28.3. The van der Waals surface area contributed by atoms with Crippen LogP contribution in [-0.4, -0.2) is 38.1 Å². The molecule has 0 bridgehead atoms. The van der Waals surface area contributed by atoms with Gasteiger partial charge in [0.05, 0.1) is 12.1 Å². The van der Waals surface area contributed by atoms with Gasteiger partial charge >= 0.3 is 0 Å². The molecule has 5 rings (SSSR count). The van der Waals surface area contributed by atoms with Crippen molar-refractivity contribution in [2.75, 3.05) is 16.8 Å². The lowest BCUT2D eigenvalue weighted by Crippen LogP contribution is -2.25. The molecule has 0 spiro atoms. The van der Waals surface area contributed by atoms with Crippen LogP contribution in [0.25, 0.3) is 22.6 Å². The second kappa shape index (κ2) is 12.3. The van der Waals surface area contributed by atoms with Crippen LogP contribution in [0.2, 0.25) is 0 Å². The molecule has 0 atom stereocenters. The highest BCUT2D eigenvalue weighted by atomic mass is 16.1. The monoisotopic (exact) mass is 531 g/mol. The predicted octanol–water partition coefficient (Wildman–Crippen LogP) is 6.14. The Morgan fingerprint density at radius 1 is 0.875 bits per heavy atom. The summed E-state index contributed by atoms with van der Waals surface area (Å²) in [5, 5.41) is 17.7. The number of hydrogen-bond donors (Lipinski definition) is 2. The van der Waals surface area contributed by atoms with Crippen LogP contribution in [0.3, 0.4) is 0 Å². The first-order chi connectivity index (χ1) is 19.5. The van der Waals surface area contributed by atoms with Crippen LogP contribution in [0.4, 0.5) is 11.5 Å². The minimum absolute atomic E-state index is 0.0824. The van der Waals surface area contributed by atoms with E-state index in [4.69, 9.17) is 4.98 Å². The van der Waals surface area contributed by atoms with Crippen molar-refractivity contribution in [1.82, 2.24) is 25.6 Å². The van der Waals surface area contributed by atoms with Gasteiger partial charge in [0, 0.05) is 36.0 Å². The molecule has 8 heteroatoms. The van der Waals surface area contributed by atoms with Crippen LogP contribution in [0.5, 0.6) is 0 Å². The van der Waals surface area contributed by atoms with E-state index in [1.54, 1.807) is 0 Å². The predicted molar refractivity (Wildman–Crippen MR) is 159 cm³/mol. The van der Waals surface area contributed by atoms with Crippen molar-refractivity contribution in [3.63, 3.8) is 0 Å². The van der Waals surface area contributed by atoms with E-state index in [1.165, 1.54) is 5.56 Å². The average Bonchev–Trinajstić information content (AvgIpc) is 3.49. The van der Waals surface area contributed by atoms with Crippen molar-refractivity contribution < 1.29 is 4.79 Å². The smallest absolute Gasteiger partial charge is 0.228 e. The number of hydrogen-bond acceptors (Lipinski definition) is 6. The van der Waals surface area contributed by atoms with Crippen molar-refractivity contribution in [3.05, 3.63) is 107 Å². The Kier molecular flexibility index (Phi) is 8.25. The molecule has 2 heterocycles. The van der Waals surface area contributed by atoms with E-state index in [2.05, 4.69) is 56.0 Å². The summed E-state index contributed by atoms with van der Waals surface area (Å²) in [6.45, 7) is 7.75. The summed E-state index contributed by atoms with van der Waals surface area (Å²) in [6.07, 6.45) is 1.24. The molecular weight excluding hydrogens is 498 g/mol. The molecule has 0 unspecified atom stereocenters. The van der Waals surface area contributed by atoms with Gasteiger partial charge in [0.2, 0.25) is 5.91 Å². The molecule has 0 aliphatic rings. The van der Waals surface area contributed by atoms with E-state index in [1.807, 2.05) is 80.6 Å². The van der Waals surface area contributed by atoms with Crippen molar-refractivity contribution >= 4 is 17.4 Å². The molecule has 0 aliphatic carbocycles. The van der Waals surface area contributed by atoms with Gasteiger partial charge in [-0.1, -0.05) is 84.8 Å². The van der Waals surface area contributed by atoms with Gasteiger partial charge in [0.25, 0.3) is 0 Å². The first kappa shape index (κ1) is 26.7. The van der Waals surface area contributed by atoms with Gasteiger partial charge in [0.15, 0.2) is 5.82 Å². The second-order valence-electron chi connectivity index (χ2n) is 10.0. The van der Waals surface area contributed by atoms with Crippen LogP contribution < -0.4 is 10.2 Å². The standard InChI is InChI=1S/C32H33N7O/c1-4-16-39(21-25-8-6-5-7-9-25)30-20-26(33-31(40)18-24-13-10-22(2)11-14-24)19-29(34-30)28-17-23(3)12-15-27(28)32-35-37-38-36-32/h5-15,17,19-20H,4,16,18,21H2,1-3H3,(H,33,34,40)(H,35,36,37,38). The maximum Gasteiger partial charge on any atom is 0.228 e. The van der Waals surface area contributed by atoms with Crippen molar-refractivity contribution in [2.45, 2.75) is 40.2 Å². The van der Waals surface area contributed by atoms with E-state index < -0.39 is 0 Å². The number of benzene rings is 3. The van der Waals surface area contributed by atoms with Gasteiger partial charge in [-0.2, -0.15) is 0 Å². The molecule has 202 valence electrons. The SMILES string of the molecule is CCCN(Cc1ccccc1)c1cc(NC(=O)Cc2ccc(C)cc2)cc(-c2cc(C)ccc2-c2nnn[nH]2)n1. The quantitative estimate of drug-likeness (QED) is 0.224. The number of pyridine rings is 1. The van der Waals surface area contributed by atoms with Crippen LogP contribution in [0.1, 0.15) is 35.6 Å². The number of amides is 1. The number of H-pyrrole nitrogens is 1. The number of rotatable bonds is 10. The molecular formula is C32H33N7O. The highest BCUT2D eigenvalue weighted by Gasteiger charge is 2.17. The lowest BCUT2D eigenvalue weighted by atomic mass is 10.00. The van der Waals surface area contributed by atoms with Crippen molar-refractivity contribution in [3.8, 4) is 22.6 Å². The molecule has 0 radical (unpaired) electrons. The fourth-order valence-corrected chi connectivity index (χ4v) is 4.68. The van der Waals surface area contributed by atoms with Crippen LogP contribution in [-0.2, 0) is 17.8 Å². The Hall–Kier alpha value is -4.85. The largest absolute Gasteiger partial charge is 0.352 e. The first-order valence-corrected chi connectivity index (χ1v) is 13.5. The summed E-state index contributed by atoms with van der Waals surface area (Å²) in [5.74, 6) is 1.26. The van der Waals surface area contributed by atoms with E-state index in [0.717, 1.165) is 52.3 Å². The van der Waals surface area contributed by atoms with E-state index >= 15 is 0 Å². The molecule has 3 aromatic carbocycles. The lowest BCUT2D eigenvalue weighted by molar-refractivity contribution is -0.115. The number of aromatic nitrogens is 5. The van der Waals surface area contributed by atoms with Crippen LogP contribution in [0, 0.1) is 13.8 Å². The molecule has 8 nitrogen and oxygen atoms in total. The highest BCUT2D eigenvalue weighted by Crippen LogP contribution is 2.33. The van der Waals surface area contributed by atoms with Crippen molar-refractivity contribution in [1.29, 1.82) is 0 Å². The first-order valence-electron chi connectivity index (χ1n) is 13.5. The molecule has 0 fully saturated rings. The Morgan fingerprint density at radius 3 is 2.38 bits per heavy atom. The molecule has 0 saturated heterocycles. The number of carbonyl (C=O) groups excluding carboxylic acids is 1. The third kappa shape index (κ3) is 6.58. The number of aromatic amines is 1. The fourth-order valence-electron chi connectivity index (χ4n) is 4.68. The number of nitrogens with one attached hydrogen (secondary N) is 2. The zero-order chi connectivity index (χ0) is 27.9. The Balaban J connectivity index is 1.56. The van der Waals surface area contributed by atoms with Crippen LogP contribution in [0.15, 0.2) is 84.9 Å². The minimum Gasteiger partial charge on any atom is -0.352 e. The second-order valence-corrected chi connectivity index (χ2v) is 10.0. The zero-order valence-corrected chi connectivity index (χ0v) is 23.1. The Labute approximate surface area is 234 Å². The van der Waals surface area contributed by atoms with Crippen LogP contribution >= 0.6 is 0 Å². The minimum atomic E-state index is -0.0824. The summed E-state index contributed by atoms with van der Waals surface area (Å²) in [5.41, 5.74) is 7.54. The van der Waals surface area contributed by atoms with Gasteiger partial charge in [-0.3, -0.25) is 4.79 Å². The number of nitrogens with zero attached hydrogens (tertiary/aromatic N) is 5. The average molecular weight is 532 g/mol. The van der Waals surface area contributed by atoms with E-state index in [0.29, 0.717) is 18.1 Å². The van der Waals surface area contributed by atoms with E-state index in [9.17, 15) is 4.79 Å². The summed E-state index contributed by atoms with van der Waals surface area (Å²) < 4.78 is 0. The molecule has 0 saturated carbocycles. The van der Waals surface area contributed by atoms with Gasteiger partial charge in [-0.15, -0.1) is 5.10 Å². The molecule has 1 amide bonds. The Bertz CT molecular complexity index is 1570. The third-order valence-corrected chi connectivity index (χ3v) is 6.67. The van der Waals surface area contributed by atoms with Gasteiger partial charge in [-0.25, -0.2) is 10.1 Å². The summed E-state index contributed by atoms with van der Waals surface area (Å²) >= 11 is 0. The maximum atomic E-state index is 13.1. The number of carbonyl (C=O) groups is 1. The molecule has 2 N–H and O–H groups in total. The molecule has 5 aromatic rings. The Morgan fingerprint density at radius 2 is 1.65 bits per heavy atom.